The fourth-order valence-electron chi connectivity index (χ4n) is 4.05. The highest BCUT2D eigenvalue weighted by atomic mass is 16.3. The average Bonchev–Trinajstić information content (AvgIpc) is 2.64. The maximum atomic E-state index is 10.8. The van der Waals surface area contributed by atoms with E-state index in [1.54, 1.807) is 0 Å². The van der Waals surface area contributed by atoms with Crippen molar-refractivity contribution in [2.24, 2.45) is 17.3 Å². The summed E-state index contributed by atoms with van der Waals surface area (Å²) in [5.74, 6) is 1.09. The van der Waals surface area contributed by atoms with E-state index in [4.69, 9.17) is 0 Å². The quantitative estimate of drug-likeness (QED) is 0.751. The van der Waals surface area contributed by atoms with Crippen LogP contribution < -0.4 is 0 Å². The van der Waals surface area contributed by atoms with E-state index in [0.717, 1.165) is 44.4 Å². The predicted molar refractivity (Wildman–Crippen MR) is 72.9 cm³/mol. The van der Waals surface area contributed by atoms with E-state index in [1.807, 2.05) is 0 Å². The van der Waals surface area contributed by atoms with Crippen LogP contribution >= 0.6 is 0 Å². The van der Waals surface area contributed by atoms with E-state index < -0.39 is 5.41 Å². The Hall–Kier alpha value is -0.550. The van der Waals surface area contributed by atoms with E-state index in [9.17, 15) is 10.4 Å². The molecule has 2 rings (SSSR count). The van der Waals surface area contributed by atoms with Gasteiger partial charge in [-0.25, -0.2) is 0 Å². The number of aliphatic hydroxyl groups is 1. The van der Waals surface area contributed by atoms with Crippen molar-refractivity contribution in [2.75, 3.05) is 0 Å². The van der Waals surface area contributed by atoms with Gasteiger partial charge in [-0.1, -0.05) is 45.4 Å². The third kappa shape index (κ3) is 2.88. The Morgan fingerprint density at radius 2 is 1.78 bits per heavy atom. The van der Waals surface area contributed by atoms with E-state index in [2.05, 4.69) is 13.0 Å². The van der Waals surface area contributed by atoms with Crippen LogP contribution in [0.25, 0.3) is 0 Å². The minimum absolute atomic E-state index is 0.367. The lowest BCUT2D eigenvalue weighted by Crippen LogP contribution is -2.41. The number of hydrogen-bond donors (Lipinski definition) is 1. The minimum Gasteiger partial charge on any atom is -0.391 e. The van der Waals surface area contributed by atoms with Crippen LogP contribution in [-0.4, -0.2) is 11.2 Å². The molecule has 2 nitrogen and oxygen atoms in total. The average molecular weight is 249 g/mol. The van der Waals surface area contributed by atoms with Crippen molar-refractivity contribution in [2.45, 2.75) is 77.2 Å². The third-order valence-electron chi connectivity index (χ3n) is 5.21. The van der Waals surface area contributed by atoms with Crippen LogP contribution in [0.3, 0.4) is 0 Å². The van der Waals surface area contributed by atoms with Crippen molar-refractivity contribution in [3.05, 3.63) is 0 Å². The number of nitriles is 1. The van der Waals surface area contributed by atoms with Crippen LogP contribution in [0.15, 0.2) is 0 Å². The van der Waals surface area contributed by atoms with Crippen LogP contribution in [0.2, 0.25) is 0 Å². The van der Waals surface area contributed by atoms with Gasteiger partial charge < -0.3 is 5.11 Å². The first kappa shape index (κ1) is 13.9. The molecule has 18 heavy (non-hydrogen) atoms. The van der Waals surface area contributed by atoms with Gasteiger partial charge in [-0.3, -0.25) is 0 Å². The molecule has 0 spiro atoms. The van der Waals surface area contributed by atoms with Crippen molar-refractivity contribution in [1.82, 2.24) is 0 Å². The zero-order valence-corrected chi connectivity index (χ0v) is 11.7. The highest BCUT2D eigenvalue weighted by Gasteiger charge is 2.43. The molecule has 102 valence electrons. The van der Waals surface area contributed by atoms with Crippen LogP contribution in [0.5, 0.6) is 0 Å². The monoisotopic (exact) mass is 249 g/mol. The number of nitrogens with zero attached hydrogens (tertiary/aromatic N) is 1. The zero-order valence-electron chi connectivity index (χ0n) is 11.7. The summed E-state index contributed by atoms with van der Waals surface area (Å²) in [5, 5.41) is 20.4. The van der Waals surface area contributed by atoms with Gasteiger partial charge in [0, 0.05) is 0 Å². The fraction of sp³-hybridized carbons (Fsp3) is 0.938. The molecule has 0 saturated heterocycles. The Bertz CT molecular complexity index is 299. The lowest BCUT2D eigenvalue weighted by atomic mass is 9.67. The summed E-state index contributed by atoms with van der Waals surface area (Å²) in [5.41, 5.74) is -0.432. The highest BCUT2D eigenvalue weighted by molar-refractivity contribution is 5.06. The molecule has 0 aliphatic heterocycles. The van der Waals surface area contributed by atoms with Crippen molar-refractivity contribution in [3.8, 4) is 6.07 Å². The molecule has 0 amide bonds. The highest BCUT2D eigenvalue weighted by Crippen LogP contribution is 2.44. The van der Waals surface area contributed by atoms with E-state index in [-0.39, 0.29) is 6.10 Å². The topological polar surface area (TPSA) is 44.0 Å². The molecule has 0 radical (unpaired) electrons. The lowest BCUT2D eigenvalue weighted by Gasteiger charge is -2.39. The minimum atomic E-state index is -0.432. The van der Waals surface area contributed by atoms with Crippen LogP contribution in [0.1, 0.15) is 71.1 Å². The molecule has 2 aliphatic carbocycles. The molecule has 3 atom stereocenters. The molecule has 0 heterocycles. The Morgan fingerprint density at radius 1 is 1.11 bits per heavy atom. The van der Waals surface area contributed by atoms with Crippen LogP contribution in [0.4, 0.5) is 0 Å². The maximum absolute atomic E-state index is 10.8. The van der Waals surface area contributed by atoms with E-state index in [0.29, 0.717) is 5.92 Å². The van der Waals surface area contributed by atoms with Crippen molar-refractivity contribution in [3.63, 3.8) is 0 Å². The molecule has 2 saturated carbocycles. The molecule has 3 unspecified atom stereocenters. The van der Waals surface area contributed by atoms with Gasteiger partial charge in [-0.2, -0.15) is 5.26 Å². The molecule has 2 heteroatoms. The summed E-state index contributed by atoms with van der Waals surface area (Å²) in [6.45, 7) is 2.28. The number of hydrogen-bond acceptors (Lipinski definition) is 2. The van der Waals surface area contributed by atoms with E-state index in [1.165, 1.54) is 25.7 Å². The summed E-state index contributed by atoms with van der Waals surface area (Å²) in [4.78, 5) is 0. The smallest absolute Gasteiger partial charge is 0.0835 e. The summed E-state index contributed by atoms with van der Waals surface area (Å²) in [6, 6.07) is 2.52. The first-order valence-electron chi connectivity index (χ1n) is 7.77. The van der Waals surface area contributed by atoms with Gasteiger partial charge in [0.15, 0.2) is 0 Å². The third-order valence-corrected chi connectivity index (χ3v) is 5.21. The standard InChI is InChI=1S/C16H27NO/c1-13-7-6-8-14(11-13)15(18)16(12-17)9-4-2-3-5-10-16/h13-15,18H,2-11H2,1H3. The fourth-order valence-corrected chi connectivity index (χ4v) is 4.05. The van der Waals surface area contributed by atoms with Gasteiger partial charge in [-0.15, -0.1) is 0 Å². The molecular weight excluding hydrogens is 222 g/mol. The SMILES string of the molecule is CC1CCCC(C(O)C2(C#N)CCCCCC2)C1. The van der Waals surface area contributed by atoms with Crippen LogP contribution in [0, 0.1) is 28.6 Å². The molecule has 0 aromatic carbocycles. The molecule has 0 aromatic rings. The first-order chi connectivity index (χ1) is 8.68. The second-order valence-electron chi connectivity index (χ2n) is 6.66. The zero-order chi connectivity index (χ0) is 13.0. The van der Waals surface area contributed by atoms with Gasteiger partial charge >= 0.3 is 0 Å². The van der Waals surface area contributed by atoms with Crippen molar-refractivity contribution >= 4 is 0 Å². The second-order valence-corrected chi connectivity index (χ2v) is 6.66. The largest absolute Gasteiger partial charge is 0.391 e. The molecule has 0 bridgehead atoms. The predicted octanol–water partition coefficient (Wildman–Crippen LogP) is 4.04. The normalized spacial score (nSPS) is 34.3. The summed E-state index contributed by atoms with van der Waals surface area (Å²) in [7, 11) is 0. The summed E-state index contributed by atoms with van der Waals surface area (Å²) < 4.78 is 0. The Kier molecular flexibility index (Phi) is 4.67. The molecule has 0 aromatic heterocycles. The molecule has 1 N–H and O–H groups in total. The van der Waals surface area contributed by atoms with E-state index >= 15 is 0 Å². The molecule has 2 aliphatic rings. The van der Waals surface area contributed by atoms with Gasteiger partial charge in [0.25, 0.3) is 0 Å². The van der Waals surface area contributed by atoms with Gasteiger partial charge in [0.2, 0.25) is 0 Å². The Balaban J connectivity index is 2.08. The molecular formula is C16H27NO. The summed E-state index contributed by atoms with van der Waals surface area (Å²) in [6.07, 6.45) is 10.9. The maximum Gasteiger partial charge on any atom is 0.0835 e. The van der Waals surface area contributed by atoms with Crippen molar-refractivity contribution in [1.29, 1.82) is 5.26 Å². The number of aliphatic hydroxyl groups excluding tert-OH is 1. The van der Waals surface area contributed by atoms with Crippen molar-refractivity contribution < 1.29 is 5.11 Å². The Labute approximate surface area is 111 Å². The van der Waals surface area contributed by atoms with Gasteiger partial charge in [0.05, 0.1) is 17.6 Å². The Morgan fingerprint density at radius 3 is 2.33 bits per heavy atom. The second kappa shape index (κ2) is 6.06. The lowest BCUT2D eigenvalue weighted by molar-refractivity contribution is -0.0156. The summed E-state index contributed by atoms with van der Waals surface area (Å²) >= 11 is 0. The van der Waals surface area contributed by atoms with Gasteiger partial charge in [-0.05, 0) is 37.5 Å². The van der Waals surface area contributed by atoms with Gasteiger partial charge in [0.1, 0.15) is 0 Å². The van der Waals surface area contributed by atoms with Crippen LogP contribution in [-0.2, 0) is 0 Å². The first-order valence-corrected chi connectivity index (χ1v) is 7.77. The molecule has 2 fully saturated rings. The number of rotatable bonds is 2.